The van der Waals surface area contributed by atoms with Crippen LogP contribution in [0.15, 0.2) is 72.9 Å². The smallest absolute Gasteiger partial charge is 0.309 e. The van der Waals surface area contributed by atoms with Gasteiger partial charge in [0, 0.05) is 17.3 Å². The maximum atomic E-state index is 12.4. The summed E-state index contributed by atoms with van der Waals surface area (Å²) in [5, 5.41) is 2.87. The Morgan fingerprint density at radius 2 is 1.74 bits per heavy atom. The molecule has 6 nitrogen and oxygen atoms in total. The van der Waals surface area contributed by atoms with Crippen molar-refractivity contribution in [1.82, 2.24) is 10.3 Å². The summed E-state index contributed by atoms with van der Waals surface area (Å²) in [5.41, 5.74) is 3.50. The third kappa shape index (κ3) is 7.44. The lowest BCUT2D eigenvalue weighted by Gasteiger charge is -2.15. The van der Waals surface area contributed by atoms with Crippen molar-refractivity contribution in [3.63, 3.8) is 0 Å². The number of amides is 1. The number of pyridine rings is 1. The van der Waals surface area contributed by atoms with Gasteiger partial charge in [0.1, 0.15) is 12.4 Å². The van der Waals surface area contributed by atoms with Crippen molar-refractivity contribution >= 4 is 11.9 Å². The van der Waals surface area contributed by atoms with E-state index in [0.29, 0.717) is 31.7 Å². The third-order valence-electron chi connectivity index (χ3n) is 5.43. The zero-order valence-electron chi connectivity index (χ0n) is 19.8. The summed E-state index contributed by atoms with van der Waals surface area (Å²) >= 11 is 0. The molecule has 1 amide bonds. The van der Waals surface area contributed by atoms with Crippen LogP contribution < -0.4 is 10.1 Å². The molecule has 1 aromatic heterocycles. The molecule has 34 heavy (non-hydrogen) atoms. The van der Waals surface area contributed by atoms with Gasteiger partial charge in [0.15, 0.2) is 0 Å². The molecule has 3 rings (SSSR count). The molecule has 1 unspecified atom stereocenters. The van der Waals surface area contributed by atoms with Gasteiger partial charge in [0.25, 0.3) is 5.91 Å². The minimum absolute atomic E-state index is 0.120. The Morgan fingerprint density at radius 1 is 0.971 bits per heavy atom. The first-order valence-electron chi connectivity index (χ1n) is 11.8. The molecule has 3 aromatic rings. The largest absolute Gasteiger partial charge is 0.492 e. The topological polar surface area (TPSA) is 77.5 Å². The van der Waals surface area contributed by atoms with Gasteiger partial charge in [-0.1, -0.05) is 43.7 Å². The van der Waals surface area contributed by atoms with E-state index in [2.05, 4.69) is 17.2 Å². The van der Waals surface area contributed by atoms with Gasteiger partial charge < -0.3 is 14.8 Å². The molecule has 0 saturated heterocycles. The molecule has 1 heterocycles. The lowest BCUT2D eigenvalue weighted by atomic mass is 9.95. The van der Waals surface area contributed by atoms with Crippen LogP contribution in [-0.2, 0) is 16.0 Å². The maximum Gasteiger partial charge on any atom is 0.309 e. The maximum absolute atomic E-state index is 12.4. The van der Waals surface area contributed by atoms with Gasteiger partial charge >= 0.3 is 5.97 Å². The first kappa shape index (κ1) is 25.0. The predicted molar refractivity (Wildman–Crippen MR) is 133 cm³/mol. The highest BCUT2D eigenvalue weighted by Crippen LogP contribution is 2.19. The number of carbonyl (C=O) groups excluding carboxylic acids is 2. The zero-order chi connectivity index (χ0) is 24.2. The number of benzene rings is 2. The fraction of sp³-hybridized carbons (Fsp3) is 0.321. The number of aromatic nitrogens is 1. The minimum Gasteiger partial charge on any atom is -0.492 e. The van der Waals surface area contributed by atoms with Gasteiger partial charge in [-0.25, -0.2) is 0 Å². The van der Waals surface area contributed by atoms with Crippen molar-refractivity contribution in [2.75, 3.05) is 19.8 Å². The van der Waals surface area contributed by atoms with Crippen LogP contribution in [0.4, 0.5) is 0 Å². The Bertz CT molecular complexity index is 1030. The highest BCUT2D eigenvalue weighted by molar-refractivity contribution is 5.94. The number of esters is 1. The van der Waals surface area contributed by atoms with Crippen LogP contribution in [0.2, 0.25) is 0 Å². The molecule has 0 saturated carbocycles. The number of hydrogen-bond donors (Lipinski definition) is 1. The van der Waals surface area contributed by atoms with E-state index in [-0.39, 0.29) is 17.8 Å². The van der Waals surface area contributed by atoms with Crippen LogP contribution in [-0.4, -0.2) is 36.6 Å². The second-order valence-corrected chi connectivity index (χ2v) is 7.98. The molecule has 0 bridgehead atoms. The van der Waals surface area contributed by atoms with E-state index in [1.807, 2.05) is 61.5 Å². The van der Waals surface area contributed by atoms with Crippen LogP contribution in [0.25, 0.3) is 11.3 Å². The van der Waals surface area contributed by atoms with Crippen LogP contribution in [0.1, 0.15) is 42.6 Å². The number of carbonyl (C=O) groups is 2. The van der Waals surface area contributed by atoms with Crippen LogP contribution in [0.5, 0.6) is 5.75 Å². The van der Waals surface area contributed by atoms with Crippen LogP contribution in [0, 0.1) is 5.92 Å². The van der Waals surface area contributed by atoms with Gasteiger partial charge in [-0.05, 0) is 61.7 Å². The van der Waals surface area contributed by atoms with E-state index >= 15 is 0 Å². The molecule has 0 aliphatic rings. The molecule has 1 N–H and O–H groups in total. The molecular formula is C28H32N2O4. The standard InChI is InChI=1S/C28H32N2O4/c1-3-7-24(28(32)33-4-2)20-21-9-15-25(16-10-21)34-19-18-30-27(31)23-13-11-22(12-14-23)26-8-5-6-17-29-26/h5-6,8-17,24H,3-4,7,18-20H2,1-2H3,(H,30,31). The summed E-state index contributed by atoms with van der Waals surface area (Å²) in [6.07, 6.45) is 4.14. The molecule has 6 heteroatoms. The van der Waals surface area contributed by atoms with Gasteiger partial charge in [-0.15, -0.1) is 0 Å². The van der Waals surface area contributed by atoms with Crippen LogP contribution in [0.3, 0.4) is 0 Å². The first-order chi connectivity index (χ1) is 16.6. The number of ether oxygens (including phenoxy) is 2. The quantitative estimate of drug-likeness (QED) is 0.301. The number of nitrogens with one attached hydrogen (secondary N) is 1. The SMILES string of the molecule is CCCC(Cc1ccc(OCCNC(=O)c2ccc(-c3ccccn3)cc2)cc1)C(=O)OCC. The van der Waals surface area contributed by atoms with Crippen molar-refractivity contribution in [2.45, 2.75) is 33.1 Å². The second-order valence-electron chi connectivity index (χ2n) is 7.98. The summed E-state index contributed by atoms with van der Waals surface area (Å²) < 4.78 is 10.9. The summed E-state index contributed by atoms with van der Waals surface area (Å²) in [7, 11) is 0. The highest BCUT2D eigenvalue weighted by Gasteiger charge is 2.19. The Hall–Kier alpha value is -3.67. The number of rotatable bonds is 12. The fourth-order valence-electron chi connectivity index (χ4n) is 3.68. The van der Waals surface area contributed by atoms with E-state index < -0.39 is 0 Å². The fourth-order valence-corrected chi connectivity index (χ4v) is 3.68. The van der Waals surface area contributed by atoms with Gasteiger partial charge in [0.05, 0.1) is 24.8 Å². The van der Waals surface area contributed by atoms with Gasteiger partial charge in [0.2, 0.25) is 0 Å². The minimum atomic E-state index is -0.146. The molecule has 0 aliphatic carbocycles. The average molecular weight is 461 g/mol. The lowest BCUT2D eigenvalue weighted by Crippen LogP contribution is -2.28. The van der Waals surface area contributed by atoms with E-state index in [1.54, 1.807) is 18.3 Å². The van der Waals surface area contributed by atoms with E-state index in [1.165, 1.54) is 0 Å². The molecule has 178 valence electrons. The van der Waals surface area contributed by atoms with E-state index in [0.717, 1.165) is 35.4 Å². The summed E-state index contributed by atoms with van der Waals surface area (Å²) in [5.74, 6) is 0.324. The Morgan fingerprint density at radius 3 is 2.38 bits per heavy atom. The Labute approximate surface area is 201 Å². The van der Waals surface area contributed by atoms with Crippen molar-refractivity contribution in [3.8, 4) is 17.0 Å². The van der Waals surface area contributed by atoms with Crippen molar-refractivity contribution in [3.05, 3.63) is 84.1 Å². The Balaban J connectivity index is 1.43. The summed E-state index contributed by atoms with van der Waals surface area (Å²) in [4.78, 5) is 28.8. The molecule has 0 radical (unpaired) electrons. The normalized spacial score (nSPS) is 11.5. The molecule has 0 fully saturated rings. The molecular weight excluding hydrogens is 428 g/mol. The van der Waals surface area contributed by atoms with E-state index in [9.17, 15) is 9.59 Å². The van der Waals surface area contributed by atoms with Gasteiger partial charge in [-0.2, -0.15) is 0 Å². The monoisotopic (exact) mass is 460 g/mol. The summed E-state index contributed by atoms with van der Waals surface area (Å²) in [6, 6.07) is 20.8. The van der Waals surface area contributed by atoms with Crippen LogP contribution >= 0.6 is 0 Å². The average Bonchev–Trinajstić information content (AvgIpc) is 2.88. The number of nitrogens with zero attached hydrogens (tertiary/aromatic N) is 1. The third-order valence-corrected chi connectivity index (χ3v) is 5.43. The predicted octanol–water partition coefficient (Wildman–Crippen LogP) is 5.08. The van der Waals surface area contributed by atoms with E-state index in [4.69, 9.17) is 9.47 Å². The van der Waals surface area contributed by atoms with Crippen molar-refractivity contribution < 1.29 is 19.1 Å². The molecule has 0 aliphatic heterocycles. The molecule has 2 aromatic carbocycles. The van der Waals surface area contributed by atoms with Crippen molar-refractivity contribution in [2.24, 2.45) is 5.92 Å². The number of hydrogen-bond acceptors (Lipinski definition) is 5. The molecule has 1 atom stereocenters. The summed E-state index contributed by atoms with van der Waals surface area (Å²) in [6.45, 7) is 5.05. The zero-order valence-corrected chi connectivity index (χ0v) is 19.8. The Kier molecular flexibility index (Phi) is 9.65. The second kappa shape index (κ2) is 13.1. The van der Waals surface area contributed by atoms with Crippen molar-refractivity contribution in [1.29, 1.82) is 0 Å². The first-order valence-corrected chi connectivity index (χ1v) is 11.8. The highest BCUT2D eigenvalue weighted by atomic mass is 16.5. The van der Waals surface area contributed by atoms with Gasteiger partial charge in [-0.3, -0.25) is 14.6 Å². The molecule has 0 spiro atoms. The lowest BCUT2D eigenvalue weighted by molar-refractivity contribution is -0.148.